The first-order chi connectivity index (χ1) is 8.37. The van der Waals surface area contributed by atoms with Gasteiger partial charge >= 0.3 is 0 Å². The topological polar surface area (TPSA) is 62.5 Å². The first-order valence-corrected chi connectivity index (χ1v) is 6.17. The molecule has 0 spiro atoms. The molecule has 98 valence electrons. The zero-order valence-corrected chi connectivity index (χ0v) is 12.4. The number of nitrogens with zero attached hydrogens (tertiary/aromatic N) is 1. The van der Waals surface area contributed by atoms with Crippen molar-refractivity contribution in [3.05, 3.63) is 22.2 Å². The van der Waals surface area contributed by atoms with Gasteiger partial charge in [-0.3, -0.25) is 0 Å². The highest BCUT2D eigenvalue weighted by atomic mass is 79.9. The van der Waals surface area contributed by atoms with Gasteiger partial charge < -0.3 is 14.6 Å². The molecule has 0 saturated carbocycles. The molecule has 1 atom stereocenters. The molecule has 0 radical (unpaired) electrons. The summed E-state index contributed by atoms with van der Waals surface area (Å²) in [6.07, 6.45) is -0.920. The van der Waals surface area contributed by atoms with E-state index in [9.17, 15) is 5.11 Å². The normalized spacial score (nSPS) is 12.7. The van der Waals surface area contributed by atoms with Crippen LogP contribution in [0.4, 0.5) is 0 Å². The van der Waals surface area contributed by atoms with Gasteiger partial charge in [0.15, 0.2) is 11.5 Å². The van der Waals surface area contributed by atoms with E-state index in [1.807, 2.05) is 0 Å². The van der Waals surface area contributed by atoms with Crippen LogP contribution in [0.5, 0.6) is 11.5 Å². The monoisotopic (exact) mass is 313 g/mol. The second-order valence-electron chi connectivity index (χ2n) is 4.46. The summed E-state index contributed by atoms with van der Waals surface area (Å²) in [5.74, 6) is 1.08. The number of nitriles is 1. The third-order valence-corrected chi connectivity index (χ3v) is 3.46. The van der Waals surface area contributed by atoms with Crippen molar-refractivity contribution in [3.8, 4) is 17.6 Å². The van der Waals surface area contributed by atoms with Crippen LogP contribution >= 0.6 is 15.9 Å². The highest BCUT2D eigenvalue weighted by Gasteiger charge is 2.31. The Bertz CT molecular complexity index is 480. The highest BCUT2D eigenvalue weighted by Crippen LogP contribution is 2.41. The van der Waals surface area contributed by atoms with Crippen molar-refractivity contribution < 1.29 is 14.6 Å². The average molecular weight is 314 g/mol. The van der Waals surface area contributed by atoms with Crippen LogP contribution in [-0.2, 0) is 0 Å². The van der Waals surface area contributed by atoms with E-state index < -0.39 is 11.5 Å². The number of hydrogen-bond donors (Lipinski definition) is 1. The van der Waals surface area contributed by atoms with E-state index in [-0.39, 0.29) is 0 Å². The predicted octanol–water partition coefficient (Wildman–Crippen LogP) is 3.05. The van der Waals surface area contributed by atoms with Gasteiger partial charge in [-0.15, -0.1) is 0 Å². The lowest BCUT2D eigenvalue weighted by atomic mass is 9.84. The number of rotatable bonds is 4. The van der Waals surface area contributed by atoms with Crippen molar-refractivity contribution in [1.82, 2.24) is 0 Å². The van der Waals surface area contributed by atoms with E-state index in [4.69, 9.17) is 14.7 Å². The molecule has 0 amide bonds. The molecule has 1 N–H and O–H groups in total. The minimum atomic E-state index is -0.920. The number of hydrogen-bond acceptors (Lipinski definition) is 4. The van der Waals surface area contributed by atoms with Gasteiger partial charge in [0.2, 0.25) is 0 Å². The van der Waals surface area contributed by atoms with Crippen LogP contribution in [-0.4, -0.2) is 19.3 Å². The third-order valence-electron chi connectivity index (χ3n) is 2.77. The Labute approximate surface area is 115 Å². The van der Waals surface area contributed by atoms with E-state index in [0.717, 1.165) is 0 Å². The summed E-state index contributed by atoms with van der Waals surface area (Å²) in [5, 5.41) is 19.3. The standard InChI is InChI=1S/C13H16BrNO3/c1-13(2,7-15)12(16)8-5-10(17-3)11(18-4)6-9(8)14/h5-6,12,16H,1-4H3. The molecular formula is C13H16BrNO3. The molecule has 0 bridgehead atoms. The quantitative estimate of drug-likeness (QED) is 0.928. The van der Waals surface area contributed by atoms with Gasteiger partial charge in [-0.2, -0.15) is 5.26 Å². The van der Waals surface area contributed by atoms with E-state index in [2.05, 4.69) is 22.0 Å². The minimum absolute atomic E-state index is 0.517. The Hall–Kier alpha value is -1.25. The van der Waals surface area contributed by atoms with Crippen LogP contribution in [0.2, 0.25) is 0 Å². The van der Waals surface area contributed by atoms with E-state index in [1.54, 1.807) is 33.1 Å². The van der Waals surface area contributed by atoms with Crippen LogP contribution in [0.3, 0.4) is 0 Å². The lowest BCUT2D eigenvalue weighted by Crippen LogP contribution is -2.20. The van der Waals surface area contributed by atoms with E-state index >= 15 is 0 Å². The Balaban J connectivity index is 3.30. The van der Waals surface area contributed by atoms with Crippen LogP contribution in [0, 0.1) is 16.7 Å². The highest BCUT2D eigenvalue weighted by molar-refractivity contribution is 9.10. The molecule has 18 heavy (non-hydrogen) atoms. The van der Waals surface area contributed by atoms with Gasteiger partial charge in [-0.05, 0) is 26.0 Å². The number of aliphatic hydroxyl groups is 1. The number of aliphatic hydroxyl groups excluding tert-OH is 1. The van der Waals surface area contributed by atoms with E-state index in [1.165, 1.54) is 7.11 Å². The lowest BCUT2D eigenvalue weighted by Gasteiger charge is -2.25. The minimum Gasteiger partial charge on any atom is -0.493 e. The van der Waals surface area contributed by atoms with Gasteiger partial charge in [0.25, 0.3) is 0 Å². The maximum absolute atomic E-state index is 10.3. The molecule has 0 fully saturated rings. The summed E-state index contributed by atoms with van der Waals surface area (Å²) in [4.78, 5) is 0. The van der Waals surface area contributed by atoms with Crippen LogP contribution in [0.1, 0.15) is 25.5 Å². The fourth-order valence-corrected chi connectivity index (χ4v) is 2.07. The molecular weight excluding hydrogens is 298 g/mol. The van der Waals surface area contributed by atoms with Gasteiger partial charge in [0.05, 0.1) is 31.8 Å². The Kier molecular flexibility index (Phi) is 4.60. The second kappa shape index (κ2) is 5.59. The smallest absolute Gasteiger partial charge is 0.161 e. The molecule has 0 saturated heterocycles. The largest absolute Gasteiger partial charge is 0.493 e. The van der Waals surface area contributed by atoms with Crippen molar-refractivity contribution in [2.24, 2.45) is 5.41 Å². The predicted molar refractivity (Wildman–Crippen MR) is 71.6 cm³/mol. The molecule has 1 aromatic rings. The number of ether oxygens (including phenoxy) is 2. The molecule has 0 heterocycles. The van der Waals surface area contributed by atoms with E-state index in [0.29, 0.717) is 21.5 Å². The van der Waals surface area contributed by atoms with Crippen molar-refractivity contribution in [2.75, 3.05) is 14.2 Å². The maximum Gasteiger partial charge on any atom is 0.161 e. The second-order valence-corrected chi connectivity index (χ2v) is 5.32. The Morgan fingerprint density at radius 1 is 1.28 bits per heavy atom. The van der Waals surface area contributed by atoms with Gasteiger partial charge in [0, 0.05) is 10.0 Å². The zero-order chi connectivity index (χ0) is 13.9. The molecule has 5 heteroatoms. The van der Waals surface area contributed by atoms with Gasteiger partial charge in [0.1, 0.15) is 0 Å². The first-order valence-electron chi connectivity index (χ1n) is 5.38. The number of methoxy groups -OCH3 is 2. The fourth-order valence-electron chi connectivity index (χ4n) is 1.53. The number of benzene rings is 1. The van der Waals surface area contributed by atoms with Crippen LogP contribution in [0.25, 0.3) is 0 Å². The van der Waals surface area contributed by atoms with Crippen molar-refractivity contribution >= 4 is 15.9 Å². The van der Waals surface area contributed by atoms with Crippen molar-refractivity contribution in [3.63, 3.8) is 0 Å². The summed E-state index contributed by atoms with van der Waals surface area (Å²) < 4.78 is 11.0. The Morgan fingerprint density at radius 2 is 1.78 bits per heavy atom. The summed E-state index contributed by atoms with van der Waals surface area (Å²) >= 11 is 3.37. The van der Waals surface area contributed by atoms with Gasteiger partial charge in [-0.1, -0.05) is 15.9 Å². The number of halogens is 1. The summed E-state index contributed by atoms with van der Waals surface area (Å²) in [5.41, 5.74) is -0.290. The van der Waals surface area contributed by atoms with Crippen LogP contribution in [0.15, 0.2) is 16.6 Å². The SMILES string of the molecule is COc1cc(Br)c(C(O)C(C)(C)C#N)cc1OC. The molecule has 1 aromatic carbocycles. The van der Waals surface area contributed by atoms with Crippen LogP contribution < -0.4 is 9.47 Å². The Morgan fingerprint density at radius 3 is 2.22 bits per heavy atom. The summed E-state index contributed by atoms with van der Waals surface area (Å²) in [6.45, 7) is 3.36. The molecule has 1 unspecified atom stereocenters. The molecule has 0 aromatic heterocycles. The molecule has 1 rings (SSSR count). The zero-order valence-electron chi connectivity index (χ0n) is 10.8. The molecule has 0 aliphatic rings. The van der Waals surface area contributed by atoms with Crippen molar-refractivity contribution in [1.29, 1.82) is 5.26 Å². The molecule has 0 aliphatic heterocycles. The van der Waals surface area contributed by atoms with Gasteiger partial charge in [-0.25, -0.2) is 0 Å². The summed E-state index contributed by atoms with van der Waals surface area (Å²) in [6, 6.07) is 5.48. The third kappa shape index (κ3) is 2.77. The molecule has 4 nitrogen and oxygen atoms in total. The summed E-state index contributed by atoms with van der Waals surface area (Å²) in [7, 11) is 3.07. The fraction of sp³-hybridized carbons (Fsp3) is 0.462. The molecule has 0 aliphatic carbocycles. The first kappa shape index (κ1) is 14.8. The average Bonchev–Trinajstić information content (AvgIpc) is 2.37. The maximum atomic E-state index is 10.3. The lowest BCUT2D eigenvalue weighted by molar-refractivity contribution is 0.0858. The van der Waals surface area contributed by atoms with Crippen molar-refractivity contribution in [2.45, 2.75) is 20.0 Å².